The number of nitrogens with one attached hydrogen (secondary N) is 1. The van der Waals surface area contributed by atoms with Gasteiger partial charge in [-0.25, -0.2) is 0 Å². The molecule has 23 heavy (non-hydrogen) atoms. The number of nitrogens with zero attached hydrogens (tertiary/aromatic N) is 4. The van der Waals surface area contributed by atoms with Crippen LogP contribution < -0.4 is 19.7 Å². The molecule has 0 spiro atoms. The van der Waals surface area contributed by atoms with Crippen LogP contribution in [0.25, 0.3) is 0 Å². The van der Waals surface area contributed by atoms with Crippen LogP contribution in [0.2, 0.25) is 0 Å². The van der Waals surface area contributed by atoms with Crippen molar-refractivity contribution in [3.8, 4) is 12.0 Å². The maximum absolute atomic E-state index is 12.1. The minimum Gasteiger partial charge on any atom is -0.467 e. The highest BCUT2D eigenvalue weighted by atomic mass is 16.5. The Hall–Kier alpha value is -2.12. The second kappa shape index (κ2) is 6.97. The van der Waals surface area contributed by atoms with Gasteiger partial charge < -0.3 is 19.7 Å². The summed E-state index contributed by atoms with van der Waals surface area (Å²) in [5.41, 5.74) is -0.369. The fourth-order valence-corrected chi connectivity index (χ4v) is 2.28. The van der Waals surface area contributed by atoms with E-state index in [0.717, 1.165) is 25.9 Å². The zero-order chi connectivity index (χ0) is 17.0. The fraction of sp³-hybridized carbons (Fsp3) is 0.733. The van der Waals surface area contributed by atoms with Gasteiger partial charge >= 0.3 is 12.0 Å². The van der Waals surface area contributed by atoms with Crippen LogP contribution in [-0.2, 0) is 4.79 Å². The molecule has 1 aromatic heterocycles. The first-order valence-corrected chi connectivity index (χ1v) is 7.73. The van der Waals surface area contributed by atoms with Crippen LogP contribution in [0.1, 0.15) is 33.6 Å². The molecule has 0 aliphatic carbocycles. The summed E-state index contributed by atoms with van der Waals surface area (Å²) >= 11 is 0. The molecule has 1 N–H and O–H groups in total. The lowest BCUT2D eigenvalue weighted by molar-refractivity contribution is -0.129. The highest BCUT2D eigenvalue weighted by molar-refractivity contribution is 5.81. The summed E-state index contributed by atoms with van der Waals surface area (Å²) in [6.07, 6.45) is 1.69. The molecule has 0 atom stereocenters. The summed E-state index contributed by atoms with van der Waals surface area (Å²) in [7, 11) is 3.01. The Labute approximate surface area is 136 Å². The lowest BCUT2D eigenvalue weighted by Gasteiger charge is -2.33. The third-order valence-electron chi connectivity index (χ3n) is 3.74. The molecule has 1 aliphatic rings. The Kier molecular flexibility index (Phi) is 5.23. The molecule has 128 valence electrons. The predicted molar refractivity (Wildman–Crippen MR) is 85.8 cm³/mol. The van der Waals surface area contributed by atoms with Crippen LogP contribution >= 0.6 is 0 Å². The Morgan fingerprint density at radius 2 is 1.61 bits per heavy atom. The van der Waals surface area contributed by atoms with E-state index in [-0.39, 0.29) is 29.4 Å². The van der Waals surface area contributed by atoms with E-state index in [1.165, 1.54) is 14.2 Å². The van der Waals surface area contributed by atoms with Gasteiger partial charge in [-0.3, -0.25) is 4.79 Å². The van der Waals surface area contributed by atoms with Crippen molar-refractivity contribution in [1.82, 2.24) is 20.3 Å². The standard InChI is InChI=1S/C15H25N5O3/c1-15(2,3)11(21)16-10-6-8-20(9-7-10)12-17-13(22-4)19-14(18-12)23-5/h10H,6-9H2,1-5H3,(H,16,21). The van der Waals surface area contributed by atoms with E-state index >= 15 is 0 Å². The van der Waals surface area contributed by atoms with Crippen molar-refractivity contribution in [2.75, 3.05) is 32.2 Å². The molecule has 2 rings (SSSR count). The van der Waals surface area contributed by atoms with Gasteiger partial charge in [0.15, 0.2) is 0 Å². The highest BCUT2D eigenvalue weighted by Gasteiger charge is 2.27. The maximum Gasteiger partial charge on any atom is 0.324 e. The highest BCUT2D eigenvalue weighted by Crippen LogP contribution is 2.21. The molecular formula is C15H25N5O3. The van der Waals surface area contributed by atoms with Gasteiger partial charge in [-0.1, -0.05) is 20.8 Å². The van der Waals surface area contributed by atoms with Crippen LogP contribution in [0.4, 0.5) is 5.95 Å². The molecule has 8 heteroatoms. The van der Waals surface area contributed by atoms with Gasteiger partial charge in [-0.2, -0.15) is 9.97 Å². The van der Waals surface area contributed by atoms with Crippen molar-refractivity contribution in [3.63, 3.8) is 0 Å². The summed E-state index contributed by atoms with van der Waals surface area (Å²) in [5.74, 6) is 0.619. The third-order valence-corrected chi connectivity index (χ3v) is 3.74. The van der Waals surface area contributed by atoms with Crippen molar-refractivity contribution < 1.29 is 14.3 Å². The number of carbonyl (C=O) groups excluding carboxylic acids is 1. The molecule has 1 fully saturated rings. The molecule has 1 amide bonds. The van der Waals surface area contributed by atoms with Gasteiger partial charge in [0.25, 0.3) is 0 Å². The number of hydrogen-bond donors (Lipinski definition) is 1. The average Bonchev–Trinajstić information content (AvgIpc) is 2.54. The van der Waals surface area contributed by atoms with Crippen LogP contribution in [0.5, 0.6) is 12.0 Å². The number of ether oxygens (including phenoxy) is 2. The molecule has 0 aromatic carbocycles. The predicted octanol–water partition coefficient (Wildman–Crippen LogP) is 1.02. The van der Waals surface area contributed by atoms with E-state index in [9.17, 15) is 4.79 Å². The molecule has 2 heterocycles. The maximum atomic E-state index is 12.1. The second-order valence-electron chi connectivity index (χ2n) is 6.59. The summed E-state index contributed by atoms with van der Waals surface area (Å²) in [4.78, 5) is 26.6. The third kappa shape index (κ3) is 4.43. The number of carbonyl (C=O) groups is 1. The number of aromatic nitrogens is 3. The summed E-state index contributed by atoms with van der Waals surface area (Å²) < 4.78 is 10.1. The quantitative estimate of drug-likeness (QED) is 0.884. The van der Waals surface area contributed by atoms with Crippen LogP contribution in [0, 0.1) is 5.41 Å². The Balaban J connectivity index is 1.98. The van der Waals surface area contributed by atoms with Gasteiger partial charge in [-0.15, -0.1) is 4.98 Å². The van der Waals surface area contributed by atoms with Crippen molar-refractivity contribution in [1.29, 1.82) is 0 Å². The van der Waals surface area contributed by atoms with Crippen molar-refractivity contribution in [2.24, 2.45) is 5.41 Å². The first kappa shape index (κ1) is 17.2. The summed E-state index contributed by atoms with van der Waals surface area (Å²) in [6, 6.07) is 0.647. The number of amides is 1. The van der Waals surface area contributed by atoms with Gasteiger partial charge in [-0.05, 0) is 12.8 Å². The molecule has 1 aromatic rings. The largest absolute Gasteiger partial charge is 0.467 e. The van der Waals surface area contributed by atoms with E-state index in [1.54, 1.807) is 0 Å². The van der Waals surface area contributed by atoms with Crippen molar-refractivity contribution in [2.45, 2.75) is 39.7 Å². The van der Waals surface area contributed by atoms with E-state index < -0.39 is 0 Å². The minimum atomic E-state index is -0.369. The Morgan fingerprint density at radius 1 is 1.09 bits per heavy atom. The molecular weight excluding hydrogens is 298 g/mol. The first-order valence-electron chi connectivity index (χ1n) is 7.73. The lowest BCUT2D eigenvalue weighted by Crippen LogP contribution is -2.48. The van der Waals surface area contributed by atoms with Crippen molar-refractivity contribution >= 4 is 11.9 Å². The Bertz CT molecular complexity index is 528. The molecule has 0 radical (unpaired) electrons. The molecule has 0 saturated carbocycles. The van der Waals surface area contributed by atoms with Crippen LogP contribution in [0.15, 0.2) is 0 Å². The smallest absolute Gasteiger partial charge is 0.324 e. The van der Waals surface area contributed by atoms with E-state index in [0.29, 0.717) is 5.95 Å². The van der Waals surface area contributed by atoms with Crippen molar-refractivity contribution in [3.05, 3.63) is 0 Å². The number of piperidine rings is 1. The molecule has 8 nitrogen and oxygen atoms in total. The minimum absolute atomic E-state index is 0.0828. The Morgan fingerprint density at radius 3 is 2.04 bits per heavy atom. The number of rotatable bonds is 4. The first-order chi connectivity index (χ1) is 10.8. The molecule has 0 bridgehead atoms. The zero-order valence-corrected chi connectivity index (χ0v) is 14.4. The molecule has 0 unspecified atom stereocenters. The van der Waals surface area contributed by atoms with Gasteiger partial charge in [0, 0.05) is 24.5 Å². The van der Waals surface area contributed by atoms with E-state index in [1.807, 2.05) is 25.7 Å². The molecule has 1 aliphatic heterocycles. The normalized spacial score (nSPS) is 16.1. The SMILES string of the molecule is COc1nc(OC)nc(N2CCC(NC(=O)C(C)(C)C)CC2)n1. The molecule has 1 saturated heterocycles. The average molecular weight is 323 g/mol. The second-order valence-corrected chi connectivity index (χ2v) is 6.59. The monoisotopic (exact) mass is 323 g/mol. The van der Waals surface area contributed by atoms with E-state index in [4.69, 9.17) is 9.47 Å². The van der Waals surface area contributed by atoms with Gasteiger partial charge in [0.1, 0.15) is 0 Å². The number of anilines is 1. The fourth-order valence-electron chi connectivity index (χ4n) is 2.28. The van der Waals surface area contributed by atoms with Gasteiger partial charge in [0.2, 0.25) is 11.9 Å². The number of methoxy groups -OCH3 is 2. The lowest BCUT2D eigenvalue weighted by atomic mass is 9.94. The van der Waals surface area contributed by atoms with E-state index in [2.05, 4.69) is 20.3 Å². The van der Waals surface area contributed by atoms with Crippen LogP contribution in [-0.4, -0.2) is 54.2 Å². The zero-order valence-electron chi connectivity index (χ0n) is 14.4. The van der Waals surface area contributed by atoms with Gasteiger partial charge in [0.05, 0.1) is 14.2 Å². The summed E-state index contributed by atoms with van der Waals surface area (Å²) in [6.45, 7) is 7.26. The number of hydrogen-bond acceptors (Lipinski definition) is 7. The topological polar surface area (TPSA) is 89.5 Å². The summed E-state index contributed by atoms with van der Waals surface area (Å²) in [5, 5.41) is 3.11. The van der Waals surface area contributed by atoms with Crippen LogP contribution in [0.3, 0.4) is 0 Å².